The van der Waals surface area contributed by atoms with E-state index in [4.69, 9.17) is 11.0 Å². The van der Waals surface area contributed by atoms with Crippen molar-refractivity contribution < 1.29 is 8.78 Å². The van der Waals surface area contributed by atoms with Crippen molar-refractivity contribution >= 4 is 12.4 Å². The molecule has 0 saturated carbocycles. The SMILES string of the molecule is Cl.N#CCN1C[C@@H](N)[C@H](c2ccc(F)c(F)c2)C1. The first kappa shape index (κ1) is 14.8. The zero-order valence-corrected chi connectivity index (χ0v) is 10.5. The summed E-state index contributed by atoms with van der Waals surface area (Å²) in [4.78, 5) is 1.91. The molecule has 6 heteroatoms. The van der Waals surface area contributed by atoms with Gasteiger partial charge >= 0.3 is 0 Å². The standard InChI is InChI=1S/C12H13F2N3.ClH/c13-10-2-1-8(5-11(10)14)9-6-17(4-3-15)7-12(9)16;/h1-2,5,9,12H,4,6-7,16H2;1H/t9-,12+;/m0./s1. The molecular formula is C12H14ClF2N3. The maximum absolute atomic E-state index is 13.1. The first-order chi connectivity index (χ1) is 8.11. The van der Waals surface area contributed by atoms with Crippen LogP contribution in [0.2, 0.25) is 0 Å². The first-order valence-electron chi connectivity index (χ1n) is 5.41. The molecular weight excluding hydrogens is 260 g/mol. The summed E-state index contributed by atoms with van der Waals surface area (Å²) in [5, 5.41) is 8.61. The van der Waals surface area contributed by atoms with Gasteiger partial charge in [-0.15, -0.1) is 12.4 Å². The fourth-order valence-electron chi connectivity index (χ4n) is 2.24. The Morgan fingerprint density at radius 2 is 2.06 bits per heavy atom. The zero-order chi connectivity index (χ0) is 12.4. The Bertz CT molecular complexity index is 461. The van der Waals surface area contributed by atoms with Crippen LogP contribution in [-0.2, 0) is 0 Å². The van der Waals surface area contributed by atoms with E-state index in [0.29, 0.717) is 25.2 Å². The molecule has 1 heterocycles. The van der Waals surface area contributed by atoms with E-state index in [-0.39, 0.29) is 24.4 Å². The number of rotatable bonds is 2. The molecule has 1 saturated heterocycles. The van der Waals surface area contributed by atoms with Gasteiger partial charge in [-0.2, -0.15) is 5.26 Å². The molecule has 0 aliphatic carbocycles. The molecule has 0 spiro atoms. The van der Waals surface area contributed by atoms with E-state index < -0.39 is 11.6 Å². The van der Waals surface area contributed by atoms with Crippen LogP contribution in [0.5, 0.6) is 0 Å². The molecule has 1 fully saturated rings. The third-order valence-corrected chi connectivity index (χ3v) is 3.11. The van der Waals surface area contributed by atoms with E-state index in [1.807, 2.05) is 4.90 Å². The number of halogens is 3. The van der Waals surface area contributed by atoms with Crippen molar-refractivity contribution in [3.63, 3.8) is 0 Å². The quantitative estimate of drug-likeness (QED) is 0.834. The minimum atomic E-state index is -0.853. The van der Waals surface area contributed by atoms with Crippen LogP contribution in [0, 0.1) is 23.0 Å². The number of hydrogen-bond donors (Lipinski definition) is 1. The van der Waals surface area contributed by atoms with Crippen molar-refractivity contribution in [1.82, 2.24) is 4.90 Å². The molecule has 98 valence electrons. The predicted molar refractivity (Wildman–Crippen MR) is 66.4 cm³/mol. The minimum Gasteiger partial charge on any atom is -0.326 e. The number of hydrogen-bond acceptors (Lipinski definition) is 3. The van der Waals surface area contributed by atoms with Gasteiger partial charge in [-0.1, -0.05) is 6.07 Å². The molecule has 2 atom stereocenters. The number of likely N-dealkylation sites (tertiary alicyclic amines) is 1. The highest BCUT2D eigenvalue weighted by Gasteiger charge is 2.31. The van der Waals surface area contributed by atoms with E-state index in [2.05, 4.69) is 6.07 Å². The van der Waals surface area contributed by atoms with Crippen LogP contribution in [0.3, 0.4) is 0 Å². The van der Waals surface area contributed by atoms with Gasteiger partial charge in [0.15, 0.2) is 11.6 Å². The molecule has 18 heavy (non-hydrogen) atoms. The number of nitrogens with zero attached hydrogens (tertiary/aromatic N) is 2. The van der Waals surface area contributed by atoms with Gasteiger partial charge in [0, 0.05) is 25.0 Å². The number of nitriles is 1. The zero-order valence-electron chi connectivity index (χ0n) is 9.64. The van der Waals surface area contributed by atoms with Crippen LogP contribution < -0.4 is 5.73 Å². The van der Waals surface area contributed by atoms with E-state index in [1.54, 1.807) is 6.07 Å². The van der Waals surface area contributed by atoms with Crippen LogP contribution in [0.15, 0.2) is 18.2 Å². The highest BCUT2D eigenvalue weighted by atomic mass is 35.5. The maximum atomic E-state index is 13.1. The maximum Gasteiger partial charge on any atom is 0.159 e. The van der Waals surface area contributed by atoms with Crippen molar-refractivity contribution in [2.24, 2.45) is 5.73 Å². The molecule has 0 bridgehead atoms. The summed E-state index contributed by atoms with van der Waals surface area (Å²) in [7, 11) is 0. The van der Waals surface area contributed by atoms with Crippen molar-refractivity contribution in [2.75, 3.05) is 19.6 Å². The summed E-state index contributed by atoms with van der Waals surface area (Å²) in [6.07, 6.45) is 0. The Kier molecular flexibility index (Phi) is 5.03. The summed E-state index contributed by atoms with van der Waals surface area (Å²) in [6.45, 7) is 1.53. The molecule has 3 nitrogen and oxygen atoms in total. The smallest absolute Gasteiger partial charge is 0.159 e. The van der Waals surface area contributed by atoms with E-state index in [1.165, 1.54) is 6.07 Å². The van der Waals surface area contributed by atoms with Crippen molar-refractivity contribution in [3.8, 4) is 6.07 Å². The Hall–Kier alpha value is -1.22. The molecule has 0 amide bonds. The Balaban J connectivity index is 0.00000162. The summed E-state index contributed by atoms with van der Waals surface area (Å²) < 4.78 is 25.9. The normalized spacial score (nSPS) is 23.4. The van der Waals surface area contributed by atoms with Gasteiger partial charge in [0.2, 0.25) is 0 Å². The van der Waals surface area contributed by atoms with Crippen LogP contribution in [-0.4, -0.2) is 30.6 Å². The van der Waals surface area contributed by atoms with Crippen LogP contribution in [0.4, 0.5) is 8.78 Å². The molecule has 1 aliphatic heterocycles. The third-order valence-electron chi connectivity index (χ3n) is 3.11. The lowest BCUT2D eigenvalue weighted by Crippen LogP contribution is -2.28. The lowest BCUT2D eigenvalue weighted by molar-refractivity contribution is 0.372. The van der Waals surface area contributed by atoms with Crippen molar-refractivity contribution in [2.45, 2.75) is 12.0 Å². The second-order valence-electron chi connectivity index (χ2n) is 4.30. The second kappa shape index (κ2) is 6.10. The topological polar surface area (TPSA) is 53.0 Å². The summed E-state index contributed by atoms with van der Waals surface area (Å²) in [5.74, 6) is -1.75. The molecule has 0 radical (unpaired) electrons. The largest absolute Gasteiger partial charge is 0.326 e. The lowest BCUT2D eigenvalue weighted by atomic mass is 9.95. The van der Waals surface area contributed by atoms with Gasteiger partial charge < -0.3 is 5.73 Å². The van der Waals surface area contributed by atoms with Gasteiger partial charge in [-0.25, -0.2) is 8.78 Å². The monoisotopic (exact) mass is 273 g/mol. The summed E-state index contributed by atoms with van der Waals surface area (Å²) in [5.41, 5.74) is 6.64. The fourth-order valence-corrected chi connectivity index (χ4v) is 2.24. The Labute approximate surface area is 111 Å². The van der Waals surface area contributed by atoms with Gasteiger partial charge in [0.25, 0.3) is 0 Å². The van der Waals surface area contributed by atoms with Gasteiger partial charge in [-0.05, 0) is 17.7 Å². The van der Waals surface area contributed by atoms with Crippen LogP contribution in [0.25, 0.3) is 0 Å². The van der Waals surface area contributed by atoms with Gasteiger partial charge in [0.1, 0.15) is 0 Å². The number of benzene rings is 1. The average molecular weight is 274 g/mol. The van der Waals surface area contributed by atoms with Crippen LogP contribution in [0.1, 0.15) is 11.5 Å². The van der Waals surface area contributed by atoms with E-state index in [0.717, 1.165) is 6.07 Å². The first-order valence-corrected chi connectivity index (χ1v) is 5.41. The molecule has 2 N–H and O–H groups in total. The molecule has 1 aromatic rings. The van der Waals surface area contributed by atoms with Crippen LogP contribution >= 0.6 is 12.4 Å². The predicted octanol–water partition coefficient (Wildman–Crippen LogP) is 1.64. The number of nitrogens with two attached hydrogens (primary N) is 1. The van der Waals surface area contributed by atoms with E-state index in [9.17, 15) is 8.78 Å². The molecule has 0 unspecified atom stereocenters. The molecule has 1 aromatic carbocycles. The molecule has 2 rings (SSSR count). The average Bonchev–Trinajstić information content (AvgIpc) is 2.64. The Morgan fingerprint density at radius 1 is 1.33 bits per heavy atom. The third kappa shape index (κ3) is 2.96. The highest BCUT2D eigenvalue weighted by Crippen LogP contribution is 2.27. The molecule has 1 aliphatic rings. The second-order valence-corrected chi connectivity index (χ2v) is 4.30. The molecule has 0 aromatic heterocycles. The summed E-state index contributed by atoms with van der Waals surface area (Å²) >= 11 is 0. The van der Waals surface area contributed by atoms with Gasteiger partial charge in [-0.3, -0.25) is 4.90 Å². The van der Waals surface area contributed by atoms with Gasteiger partial charge in [0.05, 0.1) is 12.6 Å². The fraction of sp³-hybridized carbons (Fsp3) is 0.417. The minimum absolute atomic E-state index is 0. The lowest BCUT2D eigenvalue weighted by Gasteiger charge is -2.14. The van der Waals surface area contributed by atoms with Crippen molar-refractivity contribution in [1.29, 1.82) is 5.26 Å². The summed E-state index contributed by atoms with van der Waals surface area (Å²) in [6, 6.07) is 5.77. The highest BCUT2D eigenvalue weighted by molar-refractivity contribution is 5.85. The van der Waals surface area contributed by atoms with E-state index >= 15 is 0 Å². The van der Waals surface area contributed by atoms with Crippen molar-refractivity contribution in [3.05, 3.63) is 35.4 Å². The Morgan fingerprint density at radius 3 is 2.67 bits per heavy atom.